The Bertz CT molecular complexity index is 411. The minimum atomic E-state index is -0.198. The number of rotatable bonds is 3. The van der Waals surface area contributed by atoms with E-state index >= 15 is 0 Å². The molecule has 100 valence electrons. The Balaban J connectivity index is 2.30. The van der Waals surface area contributed by atoms with Gasteiger partial charge in [0.25, 0.3) is 0 Å². The highest BCUT2D eigenvalue weighted by molar-refractivity contribution is 5.55. The maximum Gasteiger partial charge on any atom is 0.123 e. The van der Waals surface area contributed by atoms with Crippen molar-refractivity contribution in [2.45, 2.75) is 32.4 Å². The average molecular weight is 252 g/mol. The van der Waals surface area contributed by atoms with Crippen LogP contribution in [0.25, 0.3) is 0 Å². The van der Waals surface area contributed by atoms with Gasteiger partial charge >= 0.3 is 0 Å². The van der Waals surface area contributed by atoms with Crippen LogP contribution in [-0.4, -0.2) is 31.8 Å². The Morgan fingerprint density at radius 3 is 2.94 bits per heavy atom. The van der Waals surface area contributed by atoms with Crippen molar-refractivity contribution < 1.29 is 9.13 Å². The molecule has 0 aliphatic carbocycles. The van der Waals surface area contributed by atoms with Gasteiger partial charge in [0.05, 0.1) is 12.7 Å². The second kappa shape index (κ2) is 5.67. The van der Waals surface area contributed by atoms with Crippen LogP contribution in [0.5, 0.6) is 0 Å². The number of halogens is 1. The SMILES string of the molecule is CC1CN(c2ccc(F)cc2CCN)C(C)CO1. The average Bonchev–Trinajstić information content (AvgIpc) is 2.33. The van der Waals surface area contributed by atoms with E-state index in [1.54, 1.807) is 6.07 Å². The van der Waals surface area contributed by atoms with E-state index in [1.807, 2.05) is 6.07 Å². The molecule has 0 aromatic heterocycles. The van der Waals surface area contributed by atoms with Gasteiger partial charge < -0.3 is 15.4 Å². The highest BCUT2D eigenvalue weighted by atomic mass is 19.1. The van der Waals surface area contributed by atoms with Crippen LogP contribution >= 0.6 is 0 Å². The molecule has 1 aliphatic rings. The summed E-state index contributed by atoms with van der Waals surface area (Å²) in [5.41, 5.74) is 7.68. The third-order valence-electron chi connectivity index (χ3n) is 3.37. The molecule has 2 N–H and O–H groups in total. The van der Waals surface area contributed by atoms with Crippen molar-refractivity contribution in [1.82, 2.24) is 0 Å². The number of hydrogen-bond acceptors (Lipinski definition) is 3. The van der Waals surface area contributed by atoms with E-state index < -0.39 is 0 Å². The number of nitrogens with two attached hydrogens (primary N) is 1. The Hall–Kier alpha value is -1.13. The second-order valence-corrected chi connectivity index (χ2v) is 4.96. The quantitative estimate of drug-likeness (QED) is 0.893. The van der Waals surface area contributed by atoms with E-state index in [4.69, 9.17) is 10.5 Å². The van der Waals surface area contributed by atoms with Crippen molar-refractivity contribution in [2.75, 3.05) is 24.6 Å². The molecule has 18 heavy (non-hydrogen) atoms. The molecule has 4 heteroatoms. The molecule has 0 radical (unpaired) electrons. The van der Waals surface area contributed by atoms with Crippen LogP contribution in [0.4, 0.5) is 10.1 Å². The maximum atomic E-state index is 13.3. The summed E-state index contributed by atoms with van der Waals surface area (Å²) in [4.78, 5) is 2.29. The largest absolute Gasteiger partial charge is 0.375 e. The second-order valence-electron chi connectivity index (χ2n) is 4.96. The fourth-order valence-corrected chi connectivity index (χ4v) is 2.43. The zero-order valence-corrected chi connectivity index (χ0v) is 11.0. The molecule has 0 bridgehead atoms. The van der Waals surface area contributed by atoms with E-state index in [0.717, 1.165) is 17.8 Å². The van der Waals surface area contributed by atoms with Crippen LogP contribution in [0.1, 0.15) is 19.4 Å². The van der Waals surface area contributed by atoms with Crippen LogP contribution in [0, 0.1) is 5.82 Å². The van der Waals surface area contributed by atoms with Gasteiger partial charge in [-0.2, -0.15) is 0 Å². The topological polar surface area (TPSA) is 38.5 Å². The van der Waals surface area contributed by atoms with Gasteiger partial charge in [-0.05, 0) is 50.6 Å². The lowest BCUT2D eigenvalue weighted by Gasteiger charge is -2.39. The number of morpholine rings is 1. The van der Waals surface area contributed by atoms with Crippen molar-refractivity contribution in [3.8, 4) is 0 Å². The minimum Gasteiger partial charge on any atom is -0.375 e. The Kier molecular flexibility index (Phi) is 4.19. The first kappa shape index (κ1) is 13.3. The predicted molar refractivity (Wildman–Crippen MR) is 71.4 cm³/mol. The molecule has 2 rings (SSSR count). The molecular formula is C14H21FN2O. The van der Waals surface area contributed by atoms with Gasteiger partial charge in [0.2, 0.25) is 0 Å². The van der Waals surface area contributed by atoms with E-state index in [-0.39, 0.29) is 11.9 Å². The van der Waals surface area contributed by atoms with Crippen LogP contribution < -0.4 is 10.6 Å². The molecule has 3 nitrogen and oxygen atoms in total. The van der Waals surface area contributed by atoms with Crippen LogP contribution in [-0.2, 0) is 11.2 Å². The highest BCUT2D eigenvalue weighted by Crippen LogP contribution is 2.26. The van der Waals surface area contributed by atoms with Crippen LogP contribution in [0.2, 0.25) is 0 Å². The lowest BCUT2D eigenvalue weighted by molar-refractivity contribution is 0.0343. The third-order valence-corrected chi connectivity index (χ3v) is 3.37. The molecule has 1 aromatic carbocycles. The molecule has 1 fully saturated rings. The minimum absolute atomic E-state index is 0.198. The van der Waals surface area contributed by atoms with E-state index in [0.29, 0.717) is 25.6 Å². The molecule has 0 spiro atoms. The van der Waals surface area contributed by atoms with Gasteiger partial charge in [-0.15, -0.1) is 0 Å². The first-order valence-corrected chi connectivity index (χ1v) is 6.48. The maximum absolute atomic E-state index is 13.3. The predicted octanol–water partition coefficient (Wildman–Crippen LogP) is 1.94. The van der Waals surface area contributed by atoms with Gasteiger partial charge in [0, 0.05) is 18.3 Å². The van der Waals surface area contributed by atoms with Gasteiger partial charge in [0.15, 0.2) is 0 Å². The highest BCUT2D eigenvalue weighted by Gasteiger charge is 2.25. The molecule has 1 aromatic rings. The summed E-state index contributed by atoms with van der Waals surface area (Å²) in [6.45, 7) is 6.27. The van der Waals surface area contributed by atoms with Crippen LogP contribution in [0.3, 0.4) is 0 Å². The molecule has 2 atom stereocenters. The number of hydrogen-bond donors (Lipinski definition) is 1. The van der Waals surface area contributed by atoms with Gasteiger partial charge in [-0.3, -0.25) is 0 Å². The Morgan fingerprint density at radius 2 is 2.22 bits per heavy atom. The van der Waals surface area contributed by atoms with Gasteiger partial charge in [0.1, 0.15) is 5.82 Å². The first-order valence-electron chi connectivity index (χ1n) is 6.48. The van der Waals surface area contributed by atoms with Crippen molar-refractivity contribution >= 4 is 5.69 Å². The molecule has 1 aliphatic heterocycles. The summed E-state index contributed by atoms with van der Waals surface area (Å²) in [6, 6.07) is 5.27. The standard InChI is InChI=1S/C14H21FN2O/c1-10-9-18-11(2)8-17(10)14-4-3-13(15)7-12(14)5-6-16/h3-4,7,10-11H,5-6,8-9,16H2,1-2H3. The normalized spacial score (nSPS) is 24.3. The van der Waals surface area contributed by atoms with Gasteiger partial charge in [-0.1, -0.05) is 0 Å². The lowest BCUT2D eigenvalue weighted by atomic mass is 10.1. The number of benzene rings is 1. The molecule has 0 amide bonds. The van der Waals surface area contributed by atoms with Crippen LogP contribution in [0.15, 0.2) is 18.2 Å². The van der Waals surface area contributed by atoms with E-state index in [1.165, 1.54) is 6.07 Å². The summed E-state index contributed by atoms with van der Waals surface area (Å²) in [5.74, 6) is -0.198. The zero-order valence-electron chi connectivity index (χ0n) is 11.0. The summed E-state index contributed by atoms with van der Waals surface area (Å²) < 4.78 is 19.0. The van der Waals surface area contributed by atoms with Crippen molar-refractivity contribution in [2.24, 2.45) is 5.73 Å². The first-order chi connectivity index (χ1) is 8.61. The number of anilines is 1. The molecule has 2 unspecified atom stereocenters. The Morgan fingerprint density at radius 1 is 1.44 bits per heavy atom. The van der Waals surface area contributed by atoms with Gasteiger partial charge in [-0.25, -0.2) is 4.39 Å². The van der Waals surface area contributed by atoms with Crippen molar-refractivity contribution in [3.63, 3.8) is 0 Å². The lowest BCUT2D eigenvalue weighted by Crippen LogP contribution is -2.47. The summed E-state index contributed by atoms with van der Waals surface area (Å²) in [7, 11) is 0. The van der Waals surface area contributed by atoms with Crippen molar-refractivity contribution in [1.29, 1.82) is 0 Å². The monoisotopic (exact) mass is 252 g/mol. The molecule has 1 saturated heterocycles. The fourth-order valence-electron chi connectivity index (χ4n) is 2.43. The summed E-state index contributed by atoms with van der Waals surface area (Å²) in [5, 5.41) is 0. The third kappa shape index (κ3) is 2.82. The number of ether oxygens (including phenoxy) is 1. The Labute approximate surface area is 108 Å². The smallest absolute Gasteiger partial charge is 0.123 e. The molecule has 1 heterocycles. The fraction of sp³-hybridized carbons (Fsp3) is 0.571. The van der Waals surface area contributed by atoms with Crippen molar-refractivity contribution in [3.05, 3.63) is 29.6 Å². The zero-order chi connectivity index (χ0) is 13.1. The molecular weight excluding hydrogens is 231 g/mol. The van der Waals surface area contributed by atoms with E-state index in [2.05, 4.69) is 18.7 Å². The van der Waals surface area contributed by atoms with E-state index in [9.17, 15) is 4.39 Å². The number of nitrogens with zero attached hydrogens (tertiary/aromatic N) is 1. The summed E-state index contributed by atoms with van der Waals surface area (Å²) >= 11 is 0. The molecule has 0 saturated carbocycles. The summed E-state index contributed by atoms with van der Waals surface area (Å²) in [6.07, 6.45) is 0.905.